The first-order valence-corrected chi connectivity index (χ1v) is 7.17. The van der Waals surface area contributed by atoms with Gasteiger partial charge in [0.25, 0.3) is 5.91 Å². The fourth-order valence-electron chi connectivity index (χ4n) is 2.29. The van der Waals surface area contributed by atoms with Crippen molar-refractivity contribution in [3.63, 3.8) is 0 Å². The summed E-state index contributed by atoms with van der Waals surface area (Å²) in [7, 11) is 0. The summed E-state index contributed by atoms with van der Waals surface area (Å²) in [6, 6.07) is 5.08. The Kier molecular flexibility index (Phi) is 4.45. The number of likely N-dealkylation sites (tertiary alicyclic amines) is 1. The Bertz CT molecular complexity index is 451. The zero-order valence-corrected chi connectivity index (χ0v) is 12.3. The summed E-state index contributed by atoms with van der Waals surface area (Å²) in [6.07, 6.45) is 2.07. The third-order valence-corrected chi connectivity index (χ3v) is 4.00. The van der Waals surface area contributed by atoms with Gasteiger partial charge in [0.05, 0.1) is 5.56 Å². The molecule has 1 heterocycles. The summed E-state index contributed by atoms with van der Waals surface area (Å²) in [5.41, 5.74) is 6.06. The van der Waals surface area contributed by atoms with Crippen LogP contribution in [0.2, 0.25) is 0 Å². The highest BCUT2D eigenvalue weighted by atomic mass is 127. The van der Waals surface area contributed by atoms with Crippen molar-refractivity contribution >= 4 is 28.5 Å². The molecule has 0 radical (unpaired) electrons. The van der Waals surface area contributed by atoms with Gasteiger partial charge in [-0.1, -0.05) is 0 Å². The lowest BCUT2D eigenvalue weighted by atomic mass is 9.97. The zero-order chi connectivity index (χ0) is 13.1. The molecule has 0 aromatic heterocycles. The van der Waals surface area contributed by atoms with E-state index in [4.69, 9.17) is 5.73 Å². The molecule has 0 aliphatic carbocycles. The maximum absolute atomic E-state index is 12.4. The third-order valence-electron chi connectivity index (χ3n) is 3.33. The number of nitrogens with two attached hydrogens (primary N) is 1. The number of carbonyl (C=O) groups excluding carboxylic acids is 1. The molecule has 18 heavy (non-hydrogen) atoms. The van der Waals surface area contributed by atoms with Gasteiger partial charge >= 0.3 is 0 Å². The summed E-state index contributed by atoms with van der Waals surface area (Å²) in [6.45, 7) is 2.06. The molecule has 1 amide bonds. The van der Waals surface area contributed by atoms with Gasteiger partial charge in [-0.05, 0) is 66.1 Å². The fraction of sp³-hybridized carbons (Fsp3) is 0.462. The Labute approximate surface area is 120 Å². The number of carbonyl (C=O) groups is 1. The van der Waals surface area contributed by atoms with Crippen LogP contribution in [0.4, 0.5) is 0 Å². The lowest BCUT2D eigenvalue weighted by Gasteiger charge is -2.32. The standard InChI is InChI=1S/C13H17IN2O2/c14-10-3-4-12(17)11(6-10)13(18)16-5-1-2-9(7-15)8-16/h3-4,6,9,17H,1-2,5,7-8,15H2. The van der Waals surface area contributed by atoms with E-state index in [1.807, 2.05) is 0 Å². The molecule has 4 nitrogen and oxygen atoms in total. The molecule has 1 saturated heterocycles. The average Bonchev–Trinajstić information content (AvgIpc) is 2.41. The van der Waals surface area contributed by atoms with Crippen molar-refractivity contribution in [1.82, 2.24) is 4.90 Å². The maximum Gasteiger partial charge on any atom is 0.257 e. The van der Waals surface area contributed by atoms with Crippen LogP contribution < -0.4 is 5.73 Å². The highest BCUT2D eigenvalue weighted by Gasteiger charge is 2.25. The second kappa shape index (κ2) is 5.88. The van der Waals surface area contributed by atoms with E-state index in [9.17, 15) is 9.90 Å². The molecule has 98 valence electrons. The van der Waals surface area contributed by atoms with E-state index in [1.54, 1.807) is 23.1 Å². The maximum atomic E-state index is 12.4. The lowest BCUT2D eigenvalue weighted by molar-refractivity contribution is 0.0675. The van der Waals surface area contributed by atoms with Gasteiger partial charge < -0.3 is 15.7 Å². The second-order valence-corrected chi connectivity index (χ2v) is 5.90. The van der Waals surface area contributed by atoms with Crippen molar-refractivity contribution in [3.05, 3.63) is 27.3 Å². The molecule has 1 fully saturated rings. The predicted molar refractivity (Wildman–Crippen MR) is 78.5 cm³/mol. The molecule has 0 spiro atoms. The van der Waals surface area contributed by atoms with Crippen molar-refractivity contribution < 1.29 is 9.90 Å². The van der Waals surface area contributed by atoms with Crippen LogP contribution in [0.5, 0.6) is 5.75 Å². The van der Waals surface area contributed by atoms with Gasteiger partial charge in [0, 0.05) is 16.7 Å². The number of phenolic OH excluding ortho intramolecular Hbond substituents is 1. The Balaban J connectivity index is 2.17. The number of piperidine rings is 1. The van der Waals surface area contributed by atoms with Gasteiger partial charge in [0.1, 0.15) is 5.75 Å². The smallest absolute Gasteiger partial charge is 0.257 e. The zero-order valence-electron chi connectivity index (χ0n) is 10.1. The SMILES string of the molecule is NCC1CCCN(C(=O)c2cc(I)ccc2O)C1. The van der Waals surface area contributed by atoms with Crippen LogP contribution in [0.15, 0.2) is 18.2 Å². The normalized spacial score (nSPS) is 19.9. The van der Waals surface area contributed by atoms with Crippen molar-refractivity contribution in [3.8, 4) is 5.75 Å². The number of rotatable bonds is 2. The van der Waals surface area contributed by atoms with E-state index in [0.717, 1.165) is 23.0 Å². The summed E-state index contributed by atoms with van der Waals surface area (Å²) >= 11 is 2.14. The number of benzene rings is 1. The molecule has 1 aliphatic heterocycles. The second-order valence-electron chi connectivity index (χ2n) is 4.66. The number of nitrogens with zero attached hydrogens (tertiary/aromatic N) is 1. The summed E-state index contributed by atoms with van der Waals surface area (Å²) in [5, 5.41) is 9.78. The first-order chi connectivity index (χ1) is 8.61. The molecule has 1 aromatic rings. The van der Waals surface area contributed by atoms with Crippen molar-refractivity contribution in [2.24, 2.45) is 11.7 Å². The van der Waals surface area contributed by atoms with Gasteiger partial charge in [-0.2, -0.15) is 0 Å². The van der Waals surface area contributed by atoms with Gasteiger partial charge in [0.2, 0.25) is 0 Å². The number of halogens is 1. The minimum absolute atomic E-state index is 0.0512. The largest absolute Gasteiger partial charge is 0.507 e. The van der Waals surface area contributed by atoms with Crippen LogP contribution >= 0.6 is 22.6 Å². The first-order valence-electron chi connectivity index (χ1n) is 6.09. The lowest BCUT2D eigenvalue weighted by Crippen LogP contribution is -2.42. The quantitative estimate of drug-likeness (QED) is 0.791. The molecular weight excluding hydrogens is 343 g/mol. The van der Waals surface area contributed by atoms with E-state index >= 15 is 0 Å². The Hall–Kier alpha value is -0.820. The molecule has 1 aromatic carbocycles. The number of amides is 1. The van der Waals surface area contributed by atoms with E-state index in [0.29, 0.717) is 24.6 Å². The van der Waals surface area contributed by atoms with E-state index in [1.165, 1.54) is 0 Å². The van der Waals surface area contributed by atoms with Crippen LogP contribution in [0.25, 0.3) is 0 Å². The molecule has 2 rings (SSSR count). The van der Waals surface area contributed by atoms with Crippen LogP contribution in [0, 0.1) is 9.49 Å². The van der Waals surface area contributed by atoms with E-state index in [-0.39, 0.29) is 11.7 Å². The number of phenols is 1. The number of hydrogen-bond donors (Lipinski definition) is 2. The predicted octanol–water partition coefficient (Wildman–Crippen LogP) is 1.81. The Morgan fingerprint density at radius 2 is 2.33 bits per heavy atom. The first kappa shape index (κ1) is 13.6. The molecule has 1 aliphatic rings. The van der Waals surface area contributed by atoms with Crippen LogP contribution in [-0.4, -0.2) is 35.5 Å². The molecule has 1 unspecified atom stereocenters. The highest BCUT2D eigenvalue weighted by molar-refractivity contribution is 14.1. The third kappa shape index (κ3) is 2.95. The van der Waals surface area contributed by atoms with Gasteiger partial charge in [-0.25, -0.2) is 0 Å². The van der Waals surface area contributed by atoms with Crippen molar-refractivity contribution in [1.29, 1.82) is 0 Å². The van der Waals surface area contributed by atoms with Gasteiger partial charge in [0.15, 0.2) is 0 Å². The fourth-order valence-corrected chi connectivity index (χ4v) is 2.78. The molecule has 5 heteroatoms. The van der Waals surface area contributed by atoms with Crippen LogP contribution in [0.3, 0.4) is 0 Å². The number of aromatic hydroxyl groups is 1. The minimum Gasteiger partial charge on any atom is -0.507 e. The molecule has 1 atom stereocenters. The van der Waals surface area contributed by atoms with Crippen LogP contribution in [-0.2, 0) is 0 Å². The summed E-state index contributed by atoms with van der Waals surface area (Å²) in [5.74, 6) is 0.340. The van der Waals surface area contributed by atoms with Crippen LogP contribution in [0.1, 0.15) is 23.2 Å². The molecular formula is C13H17IN2O2. The number of hydrogen-bond acceptors (Lipinski definition) is 3. The Morgan fingerprint density at radius 1 is 1.56 bits per heavy atom. The monoisotopic (exact) mass is 360 g/mol. The Morgan fingerprint density at radius 3 is 3.06 bits per heavy atom. The average molecular weight is 360 g/mol. The van der Waals surface area contributed by atoms with Gasteiger partial charge in [-0.3, -0.25) is 4.79 Å². The molecule has 3 N–H and O–H groups in total. The minimum atomic E-state index is -0.0934. The highest BCUT2D eigenvalue weighted by Crippen LogP contribution is 2.24. The summed E-state index contributed by atoms with van der Waals surface area (Å²) < 4.78 is 0.945. The van der Waals surface area contributed by atoms with Gasteiger partial charge in [-0.15, -0.1) is 0 Å². The van der Waals surface area contributed by atoms with E-state index < -0.39 is 0 Å². The summed E-state index contributed by atoms with van der Waals surface area (Å²) in [4.78, 5) is 14.2. The van der Waals surface area contributed by atoms with Crippen molar-refractivity contribution in [2.45, 2.75) is 12.8 Å². The van der Waals surface area contributed by atoms with Crippen molar-refractivity contribution in [2.75, 3.05) is 19.6 Å². The van der Waals surface area contributed by atoms with E-state index in [2.05, 4.69) is 22.6 Å². The molecule has 0 saturated carbocycles. The topological polar surface area (TPSA) is 66.6 Å². The molecule has 0 bridgehead atoms.